The van der Waals surface area contributed by atoms with Crippen molar-refractivity contribution in [1.82, 2.24) is 4.57 Å². The number of fused-ring (bicyclic) bond motifs is 4. The molecular weight excluding hydrogens is 502 g/mol. The highest BCUT2D eigenvalue weighted by Crippen LogP contribution is 2.50. The summed E-state index contributed by atoms with van der Waals surface area (Å²) in [6.45, 7) is 0. The van der Waals surface area contributed by atoms with Gasteiger partial charge in [0.1, 0.15) is 0 Å². The van der Waals surface area contributed by atoms with E-state index in [0.717, 1.165) is 18.4 Å². The zero-order valence-electron chi connectivity index (χ0n) is 21.9. The summed E-state index contributed by atoms with van der Waals surface area (Å²) in [5.41, 5.74) is 11.2. The Morgan fingerprint density at radius 2 is 1.43 bits per heavy atom. The molecule has 0 spiro atoms. The molecule has 40 heavy (non-hydrogen) atoms. The van der Waals surface area contributed by atoms with Crippen molar-refractivity contribution in [3.05, 3.63) is 145 Å². The molecular formula is C38H25NS. The molecule has 1 aliphatic carbocycles. The lowest BCUT2D eigenvalue weighted by atomic mass is 9.90. The molecule has 0 radical (unpaired) electrons. The predicted molar refractivity (Wildman–Crippen MR) is 170 cm³/mol. The van der Waals surface area contributed by atoms with Crippen molar-refractivity contribution < 1.29 is 0 Å². The summed E-state index contributed by atoms with van der Waals surface area (Å²) in [5.74, 6) is 0. The normalized spacial score (nSPS) is 12.5. The summed E-state index contributed by atoms with van der Waals surface area (Å²) in [5, 5.41) is 2.55. The molecule has 0 amide bonds. The van der Waals surface area contributed by atoms with Gasteiger partial charge in [-0.25, -0.2) is 0 Å². The molecule has 2 heterocycles. The lowest BCUT2D eigenvalue weighted by Gasteiger charge is -2.18. The van der Waals surface area contributed by atoms with Gasteiger partial charge >= 0.3 is 0 Å². The van der Waals surface area contributed by atoms with E-state index in [1.807, 2.05) is 17.4 Å². The number of thiophene rings is 1. The van der Waals surface area contributed by atoms with Crippen LogP contribution in [0.3, 0.4) is 0 Å². The Balaban J connectivity index is 1.51. The number of allylic oxidation sites excluding steroid dienone is 1. The molecule has 5 aromatic carbocycles. The first-order valence-electron chi connectivity index (χ1n) is 13.8. The Bertz CT molecular complexity index is 1990. The maximum Gasteiger partial charge on any atom is 0.0555 e. The third kappa shape index (κ3) is 3.56. The van der Waals surface area contributed by atoms with Gasteiger partial charge in [-0.3, -0.25) is 0 Å². The fourth-order valence-corrected chi connectivity index (χ4v) is 7.63. The van der Waals surface area contributed by atoms with E-state index < -0.39 is 0 Å². The molecule has 0 aliphatic heterocycles. The zero-order chi connectivity index (χ0) is 26.5. The monoisotopic (exact) mass is 527 g/mol. The number of hydrogen-bond donors (Lipinski definition) is 0. The maximum absolute atomic E-state index is 3.42. The van der Waals surface area contributed by atoms with Crippen LogP contribution >= 0.6 is 11.3 Å². The molecule has 0 fully saturated rings. The number of hydrogen-bond acceptors (Lipinski definition) is 1. The first-order chi connectivity index (χ1) is 19.9. The Labute approximate surface area is 238 Å². The van der Waals surface area contributed by atoms with Crippen molar-refractivity contribution in [3.63, 3.8) is 0 Å². The standard InChI is InChI=1S/C38H25NS/c1-3-14-26(15-4-1)28-22-13-25-35(39-33-23-11-9-18-29(33)30-19-10-12-24-34(30)39)36(28)38-32-21-8-7-20-31(32)37(40-38)27-16-5-2-6-17-27/h1-3,5-7,9-14,16-20,22-25H,8,21H2. The number of para-hydroxylation sites is 2. The lowest BCUT2D eigenvalue weighted by molar-refractivity contribution is 0.996. The van der Waals surface area contributed by atoms with Gasteiger partial charge in [-0.05, 0) is 59.9 Å². The van der Waals surface area contributed by atoms with Crippen LogP contribution in [0.25, 0.3) is 65.6 Å². The van der Waals surface area contributed by atoms with Gasteiger partial charge in [-0.15, -0.1) is 11.3 Å². The van der Waals surface area contributed by atoms with Crippen LogP contribution in [-0.4, -0.2) is 4.57 Å². The van der Waals surface area contributed by atoms with E-state index in [-0.39, 0.29) is 0 Å². The van der Waals surface area contributed by atoms with Crippen LogP contribution in [0.4, 0.5) is 0 Å². The van der Waals surface area contributed by atoms with Crippen LogP contribution < -0.4 is 0 Å². The van der Waals surface area contributed by atoms with Crippen LogP contribution in [0.5, 0.6) is 0 Å². The summed E-state index contributed by atoms with van der Waals surface area (Å²) in [6.07, 6.45) is 6.76. The number of benzene rings is 4. The van der Waals surface area contributed by atoms with Gasteiger partial charge in [0, 0.05) is 37.2 Å². The average molecular weight is 528 g/mol. The SMILES string of the molecule is c1cccc(-c2cccc(-n3c4ccccc4c4ccccc43)c2-c2sc(-c3ccccc3)c3c2CCC=C3)c#1. The van der Waals surface area contributed by atoms with E-state index in [9.17, 15) is 0 Å². The molecule has 8 rings (SSSR count). The summed E-state index contributed by atoms with van der Waals surface area (Å²) in [7, 11) is 0. The summed E-state index contributed by atoms with van der Waals surface area (Å²) >= 11 is 1.92. The summed E-state index contributed by atoms with van der Waals surface area (Å²) in [6, 6.07) is 47.9. The van der Waals surface area contributed by atoms with Gasteiger partial charge in [-0.1, -0.05) is 109 Å². The summed E-state index contributed by atoms with van der Waals surface area (Å²) in [4.78, 5) is 2.69. The van der Waals surface area contributed by atoms with Crippen molar-refractivity contribution in [2.75, 3.05) is 0 Å². The van der Waals surface area contributed by atoms with Gasteiger partial charge in [0.15, 0.2) is 0 Å². The van der Waals surface area contributed by atoms with Gasteiger partial charge in [0.25, 0.3) is 0 Å². The molecule has 2 heteroatoms. The number of nitrogens with zero attached hydrogens (tertiary/aromatic N) is 1. The Kier molecular flexibility index (Phi) is 5.43. The van der Waals surface area contributed by atoms with Crippen molar-refractivity contribution >= 4 is 39.2 Å². The van der Waals surface area contributed by atoms with Crippen LogP contribution in [0, 0.1) is 12.1 Å². The second kappa shape index (κ2) is 9.42. The predicted octanol–water partition coefficient (Wildman–Crippen LogP) is 10.4. The molecule has 1 aliphatic rings. The average Bonchev–Trinajstić information content (AvgIpc) is 3.58. The fraction of sp³-hybridized carbons (Fsp3) is 0.0526. The number of aromatic nitrogens is 1. The van der Waals surface area contributed by atoms with E-state index in [0.29, 0.717) is 0 Å². The zero-order valence-corrected chi connectivity index (χ0v) is 22.7. The van der Waals surface area contributed by atoms with E-state index in [1.54, 1.807) is 0 Å². The lowest BCUT2D eigenvalue weighted by Crippen LogP contribution is -2.00. The Hall–Kier alpha value is -4.84. The smallest absolute Gasteiger partial charge is 0.0555 e. The minimum atomic E-state index is 1.04. The fourth-order valence-electron chi connectivity index (χ4n) is 6.22. The highest BCUT2D eigenvalue weighted by Gasteiger charge is 2.26. The maximum atomic E-state index is 3.42. The van der Waals surface area contributed by atoms with Crippen LogP contribution in [-0.2, 0) is 6.42 Å². The first-order valence-corrected chi connectivity index (χ1v) is 14.6. The van der Waals surface area contributed by atoms with Crippen molar-refractivity contribution in [1.29, 1.82) is 0 Å². The minimum Gasteiger partial charge on any atom is -0.309 e. The quantitative estimate of drug-likeness (QED) is 0.215. The highest BCUT2D eigenvalue weighted by atomic mass is 32.1. The third-order valence-corrected chi connectivity index (χ3v) is 9.27. The Morgan fingerprint density at radius 3 is 2.17 bits per heavy atom. The molecule has 2 aromatic heterocycles. The van der Waals surface area contributed by atoms with Crippen LogP contribution in [0.15, 0.2) is 121 Å². The van der Waals surface area contributed by atoms with Gasteiger partial charge < -0.3 is 4.57 Å². The van der Waals surface area contributed by atoms with Crippen LogP contribution in [0.1, 0.15) is 17.5 Å². The summed E-state index contributed by atoms with van der Waals surface area (Å²) < 4.78 is 2.46. The minimum absolute atomic E-state index is 1.04. The second-order valence-electron chi connectivity index (χ2n) is 10.2. The highest BCUT2D eigenvalue weighted by molar-refractivity contribution is 7.19. The van der Waals surface area contributed by atoms with Gasteiger partial charge in [0.05, 0.1) is 16.7 Å². The largest absolute Gasteiger partial charge is 0.309 e. The van der Waals surface area contributed by atoms with E-state index in [2.05, 4.69) is 138 Å². The van der Waals surface area contributed by atoms with E-state index >= 15 is 0 Å². The van der Waals surface area contributed by atoms with Crippen molar-refractivity contribution in [3.8, 4) is 37.7 Å². The first kappa shape index (κ1) is 23.1. The molecule has 7 aromatic rings. The molecule has 188 valence electrons. The molecule has 0 N–H and O–H groups in total. The van der Waals surface area contributed by atoms with Gasteiger partial charge in [-0.2, -0.15) is 0 Å². The Morgan fingerprint density at radius 1 is 0.675 bits per heavy atom. The van der Waals surface area contributed by atoms with E-state index in [4.69, 9.17) is 0 Å². The van der Waals surface area contributed by atoms with Gasteiger partial charge in [0.2, 0.25) is 0 Å². The molecule has 0 unspecified atom stereocenters. The second-order valence-corrected chi connectivity index (χ2v) is 11.3. The molecule has 0 saturated carbocycles. The molecule has 0 atom stereocenters. The van der Waals surface area contributed by atoms with E-state index in [1.165, 1.54) is 65.1 Å². The molecule has 0 bridgehead atoms. The van der Waals surface area contributed by atoms with Crippen LogP contribution in [0.2, 0.25) is 0 Å². The molecule has 0 saturated heterocycles. The topological polar surface area (TPSA) is 4.93 Å². The van der Waals surface area contributed by atoms with Crippen molar-refractivity contribution in [2.45, 2.75) is 12.8 Å². The van der Waals surface area contributed by atoms with Crippen molar-refractivity contribution in [2.24, 2.45) is 0 Å². The third-order valence-electron chi connectivity index (χ3n) is 7.96. The number of rotatable bonds is 4. The molecule has 1 nitrogen and oxygen atoms in total.